The number of anilines is 2. The highest BCUT2D eigenvalue weighted by atomic mass is 15.3. The number of likely N-dealkylation sites (tertiary alicyclic amines) is 1. The zero-order valence-electron chi connectivity index (χ0n) is 11.3. The lowest BCUT2D eigenvalue weighted by Crippen LogP contribution is -2.42. The fraction of sp³-hybridized carbons (Fsp3) is 0.667. The normalized spacial score (nSPS) is 24.9. The molecular weight excluding hydrogens is 228 g/mol. The molecular formula is C12H22N6. The molecule has 0 spiro atoms. The fourth-order valence-electron chi connectivity index (χ4n) is 2.36. The first-order chi connectivity index (χ1) is 8.61. The van der Waals surface area contributed by atoms with E-state index in [9.17, 15) is 0 Å². The Morgan fingerprint density at radius 2 is 2.11 bits per heavy atom. The summed E-state index contributed by atoms with van der Waals surface area (Å²) >= 11 is 0. The maximum Gasteiger partial charge on any atom is 0.148 e. The molecule has 100 valence electrons. The first-order valence-corrected chi connectivity index (χ1v) is 6.36. The lowest BCUT2D eigenvalue weighted by atomic mass is 9.99. The second-order valence-corrected chi connectivity index (χ2v) is 5.04. The average molecular weight is 250 g/mol. The molecule has 0 radical (unpaired) electrons. The molecule has 0 aliphatic carbocycles. The van der Waals surface area contributed by atoms with Crippen LogP contribution in [-0.2, 0) is 0 Å². The van der Waals surface area contributed by atoms with Gasteiger partial charge in [0.1, 0.15) is 18.0 Å². The van der Waals surface area contributed by atoms with Crippen molar-refractivity contribution in [2.75, 3.05) is 24.3 Å². The Hall–Kier alpha value is -1.40. The van der Waals surface area contributed by atoms with Crippen LogP contribution in [0.5, 0.6) is 0 Å². The van der Waals surface area contributed by atoms with Gasteiger partial charge in [-0.15, -0.1) is 0 Å². The molecule has 1 fully saturated rings. The highest BCUT2D eigenvalue weighted by Gasteiger charge is 2.23. The zero-order chi connectivity index (χ0) is 13.1. The molecule has 2 atom stereocenters. The molecule has 0 saturated carbocycles. The van der Waals surface area contributed by atoms with Gasteiger partial charge in [0.15, 0.2) is 0 Å². The Bertz CT molecular complexity index is 408. The van der Waals surface area contributed by atoms with Gasteiger partial charge in [0.2, 0.25) is 0 Å². The molecule has 2 rings (SSSR count). The SMILES string of the molecule is Cc1c(NN)ncnc1NC1CCN(C)C(C)C1. The quantitative estimate of drug-likeness (QED) is 0.548. The fourth-order valence-corrected chi connectivity index (χ4v) is 2.36. The van der Waals surface area contributed by atoms with E-state index in [0.29, 0.717) is 17.9 Å². The van der Waals surface area contributed by atoms with E-state index in [1.807, 2.05) is 6.92 Å². The number of hydrogen-bond acceptors (Lipinski definition) is 6. The van der Waals surface area contributed by atoms with Crippen LogP contribution in [0.4, 0.5) is 11.6 Å². The van der Waals surface area contributed by atoms with Gasteiger partial charge in [-0.05, 0) is 33.7 Å². The van der Waals surface area contributed by atoms with Gasteiger partial charge in [-0.1, -0.05) is 0 Å². The van der Waals surface area contributed by atoms with Crippen LogP contribution >= 0.6 is 0 Å². The molecule has 18 heavy (non-hydrogen) atoms. The van der Waals surface area contributed by atoms with Gasteiger partial charge in [0.25, 0.3) is 0 Å². The van der Waals surface area contributed by atoms with Crippen molar-refractivity contribution in [2.45, 2.75) is 38.8 Å². The van der Waals surface area contributed by atoms with Crippen LogP contribution in [0.2, 0.25) is 0 Å². The molecule has 1 aliphatic rings. The summed E-state index contributed by atoms with van der Waals surface area (Å²) in [6, 6.07) is 1.07. The van der Waals surface area contributed by atoms with E-state index in [4.69, 9.17) is 5.84 Å². The third-order valence-electron chi connectivity index (χ3n) is 3.77. The monoisotopic (exact) mass is 250 g/mol. The highest BCUT2D eigenvalue weighted by Crippen LogP contribution is 2.22. The van der Waals surface area contributed by atoms with Crippen molar-refractivity contribution < 1.29 is 0 Å². The van der Waals surface area contributed by atoms with Crippen LogP contribution in [0.3, 0.4) is 0 Å². The standard InChI is InChI=1S/C12H22N6/c1-8-6-10(4-5-18(8)3)16-11-9(2)12(17-13)15-7-14-11/h7-8,10H,4-6,13H2,1-3H3,(H2,14,15,16,17). The van der Waals surface area contributed by atoms with Gasteiger partial charge in [0, 0.05) is 24.2 Å². The van der Waals surface area contributed by atoms with Crippen LogP contribution in [0, 0.1) is 6.92 Å². The Morgan fingerprint density at radius 1 is 1.39 bits per heavy atom. The number of nitrogens with two attached hydrogens (primary N) is 1. The summed E-state index contributed by atoms with van der Waals surface area (Å²) in [6.07, 6.45) is 3.80. The third-order valence-corrected chi connectivity index (χ3v) is 3.77. The Morgan fingerprint density at radius 3 is 2.78 bits per heavy atom. The zero-order valence-corrected chi connectivity index (χ0v) is 11.3. The van der Waals surface area contributed by atoms with Crippen molar-refractivity contribution >= 4 is 11.6 Å². The maximum absolute atomic E-state index is 5.42. The molecule has 0 bridgehead atoms. The Balaban J connectivity index is 2.06. The van der Waals surface area contributed by atoms with Crippen molar-refractivity contribution in [2.24, 2.45) is 5.84 Å². The molecule has 1 saturated heterocycles. The van der Waals surface area contributed by atoms with Gasteiger partial charge >= 0.3 is 0 Å². The van der Waals surface area contributed by atoms with E-state index in [-0.39, 0.29) is 0 Å². The first kappa shape index (κ1) is 13.0. The second kappa shape index (κ2) is 5.49. The average Bonchev–Trinajstić information content (AvgIpc) is 2.36. The molecule has 2 heterocycles. The second-order valence-electron chi connectivity index (χ2n) is 5.04. The van der Waals surface area contributed by atoms with Gasteiger partial charge in [-0.25, -0.2) is 15.8 Å². The highest BCUT2D eigenvalue weighted by molar-refractivity contribution is 5.56. The number of rotatable bonds is 3. The van der Waals surface area contributed by atoms with Crippen LogP contribution in [0.15, 0.2) is 6.33 Å². The summed E-state index contributed by atoms with van der Waals surface area (Å²) in [5, 5.41) is 3.50. The van der Waals surface area contributed by atoms with Crippen LogP contribution in [0.25, 0.3) is 0 Å². The van der Waals surface area contributed by atoms with Crippen molar-refractivity contribution in [1.29, 1.82) is 0 Å². The van der Waals surface area contributed by atoms with E-state index in [1.165, 1.54) is 6.33 Å². The minimum Gasteiger partial charge on any atom is -0.367 e. The number of hydrogen-bond donors (Lipinski definition) is 3. The predicted molar refractivity (Wildman–Crippen MR) is 73.3 cm³/mol. The summed E-state index contributed by atoms with van der Waals surface area (Å²) in [6.45, 7) is 5.34. The predicted octanol–water partition coefficient (Wildman–Crippen LogP) is 0.965. The molecule has 4 N–H and O–H groups in total. The number of aromatic nitrogens is 2. The van der Waals surface area contributed by atoms with Gasteiger partial charge in [0.05, 0.1) is 0 Å². The van der Waals surface area contributed by atoms with E-state index in [0.717, 1.165) is 30.8 Å². The largest absolute Gasteiger partial charge is 0.367 e. The Labute approximate surface area is 108 Å². The van der Waals surface area contributed by atoms with Crippen molar-refractivity contribution in [3.8, 4) is 0 Å². The van der Waals surface area contributed by atoms with Crippen LogP contribution in [0.1, 0.15) is 25.3 Å². The summed E-state index contributed by atoms with van der Waals surface area (Å²) in [5.41, 5.74) is 3.55. The van der Waals surface area contributed by atoms with Gasteiger partial charge in [-0.2, -0.15) is 0 Å². The molecule has 0 aromatic carbocycles. The Kier molecular flexibility index (Phi) is 3.98. The maximum atomic E-state index is 5.42. The lowest BCUT2D eigenvalue weighted by Gasteiger charge is -2.35. The number of nitrogens with one attached hydrogen (secondary N) is 2. The van der Waals surface area contributed by atoms with Crippen molar-refractivity contribution in [1.82, 2.24) is 14.9 Å². The minimum atomic E-state index is 0.468. The summed E-state index contributed by atoms with van der Waals surface area (Å²) in [4.78, 5) is 10.8. The summed E-state index contributed by atoms with van der Waals surface area (Å²) in [7, 11) is 2.17. The van der Waals surface area contributed by atoms with E-state index < -0.39 is 0 Å². The summed E-state index contributed by atoms with van der Waals surface area (Å²) in [5.74, 6) is 6.97. The van der Waals surface area contributed by atoms with Crippen molar-refractivity contribution in [3.63, 3.8) is 0 Å². The van der Waals surface area contributed by atoms with Crippen molar-refractivity contribution in [3.05, 3.63) is 11.9 Å². The number of nitrogen functional groups attached to an aromatic ring is 1. The molecule has 6 nitrogen and oxygen atoms in total. The smallest absolute Gasteiger partial charge is 0.148 e. The molecule has 1 aliphatic heterocycles. The van der Waals surface area contributed by atoms with E-state index in [2.05, 4.69) is 39.6 Å². The lowest BCUT2D eigenvalue weighted by molar-refractivity contribution is 0.190. The molecule has 2 unspecified atom stereocenters. The topological polar surface area (TPSA) is 79.1 Å². The molecule has 0 amide bonds. The van der Waals surface area contributed by atoms with E-state index in [1.54, 1.807) is 0 Å². The van der Waals surface area contributed by atoms with Crippen LogP contribution in [-0.4, -0.2) is 40.5 Å². The molecule has 6 heteroatoms. The summed E-state index contributed by atoms with van der Waals surface area (Å²) < 4.78 is 0. The first-order valence-electron chi connectivity index (χ1n) is 6.36. The third kappa shape index (κ3) is 2.70. The van der Waals surface area contributed by atoms with Gasteiger partial charge < -0.3 is 15.6 Å². The van der Waals surface area contributed by atoms with Gasteiger partial charge in [-0.3, -0.25) is 0 Å². The van der Waals surface area contributed by atoms with Crippen LogP contribution < -0.4 is 16.6 Å². The minimum absolute atomic E-state index is 0.468. The molecule has 1 aromatic heterocycles. The number of hydrazine groups is 1. The number of piperidine rings is 1. The molecule has 1 aromatic rings. The van der Waals surface area contributed by atoms with E-state index >= 15 is 0 Å². The number of nitrogens with zero attached hydrogens (tertiary/aromatic N) is 3.